The van der Waals surface area contributed by atoms with Gasteiger partial charge >= 0.3 is 0 Å². The lowest BCUT2D eigenvalue weighted by molar-refractivity contribution is 0.669. The van der Waals surface area contributed by atoms with Crippen molar-refractivity contribution in [2.24, 2.45) is 7.05 Å². The summed E-state index contributed by atoms with van der Waals surface area (Å²) in [5, 5.41) is 1.43. The van der Waals surface area contributed by atoms with Crippen LogP contribution in [0.4, 0.5) is 0 Å². The Morgan fingerprint density at radius 3 is 2.58 bits per heavy atom. The van der Waals surface area contributed by atoms with Gasteiger partial charge in [-0.25, -0.2) is 9.97 Å². The van der Waals surface area contributed by atoms with Crippen LogP contribution in [0.1, 0.15) is 19.7 Å². The van der Waals surface area contributed by atoms with Crippen LogP contribution in [0.25, 0.3) is 21.9 Å². The maximum Gasteiger partial charge on any atom is 0.157 e. The molecule has 0 aliphatic heterocycles. The minimum absolute atomic E-state index is 0.113. The highest BCUT2D eigenvalue weighted by molar-refractivity contribution is 7.18. The number of aromatic nitrogens is 3. The minimum Gasteiger partial charge on any atom is -0.330 e. The van der Waals surface area contributed by atoms with E-state index in [4.69, 9.17) is 11.6 Å². The molecule has 1 aromatic carbocycles. The molecule has 19 heavy (non-hydrogen) atoms. The third-order valence-electron chi connectivity index (χ3n) is 3.24. The molecule has 1 atom stereocenters. The van der Waals surface area contributed by atoms with E-state index in [-0.39, 0.29) is 5.16 Å². The Morgan fingerprint density at radius 1 is 1.21 bits per heavy atom. The number of fused-ring (bicyclic) bond motifs is 3. The van der Waals surface area contributed by atoms with Crippen molar-refractivity contribution in [1.82, 2.24) is 14.5 Å². The first-order valence-electron chi connectivity index (χ1n) is 6.09. The van der Waals surface area contributed by atoms with Crippen molar-refractivity contribution in [3.05, 3.63) is 35.2 Å². The highest BCUT2D eigenvalue weighted by Crippen LogP contribution is 2.35. The summed E-state index contributed by atoms with van der Waals surface area (Å²) in [4.78, 5) is 9.10. The van der Waals surface area contributed by atoms with E-state index < -0.39 is 0 Å². The van der Waals surface area contributed by atoms with Crippen LogP contribution in [-0.2, 0) is 12.2 Å². The van der Waals surface area contributed by atoms with Gasteiger partial charge in [0.2, 0.25) is 0 Å². The Kier molecular flexibility index (Phi) is 2.81. The summed E-state index contributed by atoms with van der Waals surface area (Å²) in [5.74, 6) is 0.979. The molecule has 0 saturated carbocycles. The second kappa shape index (κ2) is 4.16. The molecule has 0 aliphatic rings. The van der Waals surface area contributed by atoms with E-state index in [1.165, 1.54) is 0 Å². The summed E-state index contributed by atoms with van der Waals surface area (Å²) in [6, 6.07) is 8.01. The van der Waals surface area contributed by atoms with Gasteiger partial charge in [-0.3, -0.25) is 0 Å². The number of imidazole rings is 1. The molecule has 0 bridgehead atoms. The first kappa shape index (κ1) is 12.8. The third-order valence-corrected chi connectivity index (χ3v) is 3.77. The maximum absolute atomic E-state index is 6.28. The highest BCUT2D eigenvalue weighted by Gasteiger charge is 2.23. The standard InChI is InChI=1S/C14H15ClN3P/c1-14(2,19)13-17-10-11(18(13)3)8-6-4-5-7-9(8)16-12(10)15/h4-7H,19H2,1-3H3. The van der Waals surface area contributed by atoms with E-state index in [1.54, 1.807) is 0 Å². The fourth-order valence-corrected chi connectivity index (χ4v) is 2.94. The summed E-state index contributed by atoms with van der Waals surface area (Å²) < 4.78 is 2.11. The Morgan fingerprint density at radius 2 is 1.89 bits per heavy atom. The number of hydrogen-bond acceptors (Lipinski definition) is 2. The molecule has 0 saturated heterocycles. The number of aryl methyl sites for hydroxylation is 1. The molecule has 0 spiro atoms. The van der Waals surface area contributed by atoms with Crippen LogP contribution < -0.4 is 0 Å². The normalized spacial score (nSPS) is 12.5. The molecule has 3 aromatic rings. The topological polar surface area (TPSA) is 30.7 Å². The first-order valence-corrected chi connectivity index (χ1v) is 7.05. The summed E-state index contributed by atoms with van der Waals surface area (Å²) in [6.07, 6.45) is 0. The van der Waals surface area contributed by atoms with Crippen LogP contribution in [0.2, 0.25) is 5.15 Å². The van der Waals surface area contributed by atoms with Crippen molar-refractivity contribution >= 4 is 42.8 Å². The predicted octanol–water partition coefficient (Wildman–Crippen LogP) is 3.89. The third kappa shape index (κ3) is 1.92. The lowest BCUT2D eigenvalue weighted by atomic mass is 10.2. The molecule has 0 radical (unpaired) electrons. The van der Waals surface area contributed by atoms with Crippen molar-refractivity contribution in [2.75, 3.05) is 0 Å². The van der Waals surface area contributed by atoms with Gasteiger partial charge in [0.15, 0.2) is 5.15 Å². The molecule has 98 valence electrons. The van der Waals surface area contributed by atoms with E-state index in [9.17, 15) is 0 Å². The Labute approximate surface area is 119 Å². The lowest BCUT2D eigenvalue weighted by Crippen LogP contribution is -2.13. The first-order chi connectivity index (χ1) is 8.89. The van der Waals surface area contributed by atoms with Crippen LogP contribution in [0, 0.1) is 0 Å². The van der Waals surface area contributed by atoms with Crippen LogP contribution >= 0.6 is 20.8 Å². The molecule has 2 heterocycles. The zero-order valence-electron chi connectivity index (χ0n) is 11.1. The van der Waals surface area contributed by atoms with Crippen molar-refractivity contribution in [3.8, 4) is 0 Å². The van der Waals surface area contributed by atoms with Gasteiger partial charge in [-0.15, -0.1) is 9.24 Å². The van der Waals surface area contributed by atoms with Gasteiger partial charge in [0.1, 0.15) is 11.3 Å². The zero-order chi connectivity index (χ0) is 13.8. The number of pyridine rings is 1. The molecule has 2 aromatic heterocycles. The molecule has 5 heteroatoms. The number of benzene rings is 1. The van der Waals surface area contributed by atoms with Crippen molar-refractivity contribution < 1.29 is 0 Å². The van der Waals surface area contributed by atoms with Crippen LogP contribution in [0.5, 0.6) is 0 Å². The number of para-hydroxylation sites is 1. The van der Waals surface area contributed by atoms with E-state index in [1.807, 2.05) is 25.2 Å². The van der Waals surface area contributed by atoms with Crippen molar-refractivity contribution in [3.63, 3.8) is 0 Å². The minimum atomic E-state index is -0.113. The summed E-state index contributed by atoms with van der Waals surface area (Å²) in [6.45, 7) is 4.23. The van der Waals surface area contributed by atoms with E-state index in [2.05, 4.69) is 43.7 Å². The van der Waals surface area contributed by atoms with Gasteiger partial charge in [-0.05, 0) is 19.9 Å². The molecule has 0 N–H and O–H groups in total. The monoisotopic (exact) mass is 291 g/mol. The fourth-order valence-electron chi connectivity index (χ4n) is 2.46. The molecular weight excluding hydrogens is 277 g/mol. The van der Waals surface area contributed by atoms with Gasteiger partial charge in [0, 0.05) is 17.6 Å². The molecule has 3 rings (SSSR count). The number of nitrogens with zero attached hydrogens (tertiary/aromatic N) is 3. The van der Waals surface area contributed by atoms with Crippen molar-refractivity contribution in [1.29, 1.82) is 0 Å². The number of hydrogen-bond donors (Lipinski definition) is 0. The zero-order valence-corrected chi connectivity index (χ0v) is 13.0. The number of rotatable bonds is 1. The summed E-state index contributed by atoms with van der Waals surface area (Å²) in [5.41, 5.74) is 2.71. The van der Waals surface area contributed by atoms with E-state index in [0.717, 1.165) is 27.8 Å². The largest absolute Gasteiger partial charge is 0.330 e. The fraction of sp³-hybridized carbons (Fsp3) is 0.286. The van der Waals surface area contributed by atoms with Crippen LogP contribution in [-0.4, -0.2) is 14.5 Å². The Bertz CT molecular complexity index is 787. The smallest absolute Gasteiger partial charge is 0.157 e. The van der Waals surface area contributed by atoms with Crippen LogP contribution in [0.15, 0.2) is 24.3 Å². The Balaban J connectivity index is 2.54. The molecule has 0 aliphatic carbocycles. The van der Waals surface area contributed by atoms with E-state index >= 15 is 0 Å². The quantitative estimate of drug-likeness (QED) is 0.503. The highest BCUT2D eigenvalue weighted by atomic mass is 35.5. The van der Waals surface area contributed by atoms with Gasteiger partial charge in [0.25, 0.3) is 0 Å². The summed E-state index contributed by atoms with van der Waals surface area (Å²) >= 11 is 6.28. The predicted molar refractivity (Wildman–Crippen MR) is 83.8 cm³/mol. The van der Waals surface area contributed by atoms with Gasteiger partial charge in [-0.1, -0.05) is 29.8 Å². The van der Waals surface area contributed by atoms with Gasteiger partial charge < -0.3 is 4.57 Å². The van der Waals surface area contributed by atoms with Gasteiger partial charge in [-0.2, -0.15) is 0 Å². The molecule has 0 fully saturated rings. The summed E-state index contributed by atoms with van der Waals surface area (Å²) in [7, 11) is 4.85. The Hall–Kier alpha value is -1.18. The number of halogens is 1. The molecule has 1 unspecified atom stereocenters. The maximum atomic E-state index is 6.28. The van der Waals surface area contributed by atoms with Crippen LogP contribution in [0.3, 0.4) is 0 Å². The lowest BCUT2D eigenvalue weighted by Gasteiger charge is -2.17. The molecule has 3 nitrogen and oxygen atoms in total. The van der Waals surface area contributed by atoms with E-state index in [0.29, 0.717) is 5.15 Å². The van der Waals surface area contributed by atoms with Gasteiger partial charge in [0.05, 0.1) is 11.0 Å². The molecule has 0 amide bonds. The SMILES string of the molecule is Cn1c(C(C)(C)P)nc2c(Cl)nc3ccccc3c21. The second-order valence-electron chi connectivity index (χ2n) is 5.33. The average molecular weight is 292 g/mol. The average Bonchev–Trinajstić information content (AvgIpc) is 2.68. The molecular formula is C14H15ClN3P. The van der Waals surface area contributed by atoms with Crippen molar-refractivity contribution in [2.45, 2.75) is 19.0 Å². The second-order valence-corrected chi connectivity index (χ2v) is 7.13.